The molecule has 1 aromatic heterocycles. The summed E-state index contributed by atoms with van der Waals surface area (Å²) in [5.74, 6) is -0.343. The Bertz CT molecular complexity index is 455. The monoisotopic (exact) mass is 252 g/mol. The van der Waals surface area contributed by atoms with E-state index < -0.39 is 0 Å². The van der Waals surface area contributed by atoms with E-state index in [1.54, 1.807) is 17.8 Å². The zero-order valence-corrected chi connectivity index (χ0v) is 10.8. The molecule has 1 fully saturated rings. The van der Waals surface area contributed by atoms with Crippen LogP contribution in [0.1, 0.15) is 50.6 Å². The first-order valence-electron chi connectivity index (χ1n) is 6.66. The molecular formula is C13H20N2O3. The molecule has 1 heterocycles. The first kappa shape index (κ1) is 12.9. The lowest BCUT2D eigenvalue weighted by atomic mass is 9.96. The highest BCUT2D eigenvalue weighted by atomic mass is 16.5. The summed E-state index contributed by atoms with van der Waals surface area (Å²) in [6.45, 7) is 2.11. The van der Waals surface area contributed by atoms with Crippen LogP contribution in [0.15, 0.2) is 11.0 Å². The zero-order valence-electron chi connectivity index (χ0n) is 10.8. The first-order chi connectivity index (χ1) is 8.72. The smallest absolute Gasteiger partial charge is 0.310 e. The number of carbonyl (C=O) groups is 1. The lowest BCUT2D eigenvalue weighted by Crippen LogP contribution is -2.26. The molecule has 2 rings (SSSR count). The van der Waals surface area contributed by atoms with Gasteiger partial charge >= 0.3 is 5.97 Å². The fourth-order valence-corrected chi connectivity index (χ4v) is 2.53. The van der Waals surface area contributed by atoms with Crippen LogP contribution >= 0.6 is 0 Å². The Morgan fingerprint density at radius 3 is 2.83 bits per heavy atom. The number of hydrogen-bond donors (Lipinski definition) is 1. The highest BCUT2D eigenvalue weighted by molar-refractivity contribution is 5.72. The predicted molar refractivity (Wildman–Crippen MR) is 67.5 cm³/mol. The molecule has 0 aromatic carbocycles. The summed E-state index contributed by atoms with van der Waals surface area (Å²) in [5.41, 5.74) is 0.425. The molecular weight excluding hydrogens is 232 g/mol. The van der Waals surface area contributed by atoms with Crippen molar-refractivity contribution in [1.29, 1.82) is 0 Å². The largest absolute Gasteiger partial charge is 0.466 e. The molecule has 1 aliphatic rings. The maximum Gasteiger partial charge on any atom is 0.310 e. The van der Waals surface area contributed by atoms with Crippen LogP contribution in [0, 0.1) is 0 Å². The van der Waals surface area contributed by atoms with Crippen molar-refractivity contribution in [3.05, 3.63) is 22.1 Å². The lowest BCUT2D eigenvalue weighted by molar-refractivity contribution is -0.142. The number of esters is 1. The molecule has 1 aromatic rings. The number of nitrogens with zero attached hydrogens (tertiary/aromatic N) is 1. The van der Waals surface area contributed by atoms with Crippen LogP contribution < -0.4 is 5.56 Å². The fraction of sp³-hybridized carbons (Fsp3) is 0.692. The quantitative estimate of drug-likeness (QED) is 0.831. The van der Waals surface area contributed by atoms with Gasteiger partial charge in [-0.3, -0.25) is 9.59 Å². The minimum Gasteiger partial charge on any atom is -0.466 e. The van der Waals surface area contributed by atoms with Crippen LogP contribution in [0.2, 0.25) is 0 Å². The second-order valence-electron chi connectivity index (χ2n) is 4.75. The van der Waals surface area contributed by atoms with Crippen LogP contribution in [0.5, 0.6) is 0 Å². The number of hydrogen-bond acceptors (Lipinski definition) is 3. The molecule has 100 valence electrons. The summed E-state index contributed by atoms with van der Waals surface area (Å²) < 4.78 is 6.53. The van der Waals surface area contributed by atoms with E-state index in [1.165, 1.54) is 19.3 Å². The summed E-state index contributed by atoms with van der Waals surface area (Å²) in [5, 5.41) is 2.99. The van der Waals surface area contributed by atoms with Gasteiger partial charge in [-0.1, -0.05) is 19.3 Å². The summed E-state index contributed by atoms with van der Waals surface area (Å²) in [6, 6.07) is 0.266. The van der Waals surface area contributed by atoms with E-state index >= 15 is 0 Å². The Morgan fingerprint density at radius 1 is 1.44 bits per heavy atom. The summed E-state index contributed by atoms with van der Waals surface area (Å²) in [6.07, 6.45) is 7.36. The van der Waals surface area contributed by atoms with Gasteiger partial charge in [-0.05, 0) is 19.8 Å². The number of nitrogens with one attached hydrogen (secondary N) is 1. The molecule has 18 heavy (non-hydrogen) atoms. The number of ether oxygens (including phenoxy) is 1. The molecule has 1 N–H and O–H groups in total. The van der Waals surface area contributed by atoms with E-state index in [0.29, 0.717) is 12.2 Å². The Hall–Kier alpha value is -1.52. The fourth-order valence-electron chi connectivity index (χ4n) is 2.53. The lowest BCUT2D eigenvalue weighted by Gasteiger charge is -2.21. The Balaban J connectivity index is 2.08. The number of rotatable bonds is 4. The van der Waals surface area contributed by atoms with Gasteiger partial charge < -0.3 is 9.84 Å². The van der Waals surface area contributed by atoms with Crippen molar-refractivity contribution in [1.82, 2.24) is 9.78 Å². The van der Waals surface area contributed by atoms with Gasteiger partial charge in [0.1, 0.15) is 0 Å². The molecule has 1 aliphatic carbocycles. The molecule has 0 unspecified atom stereocenters. The molecule has 0 spiro atoms. The van der Waals surface area contributed by atoms with Gasteiger partial charge in [-0.2, -0.15) is 0 Å². The third-order valence-electron chi connectivity index (χ3n) is 3.45. The first-order valence-corrected chi connectivity index (χ1v) is 6.66. The standard InChI is InChI=1S/C13H20N2O3/c1-2-18-12(16)8-10-9-14-15(13(10)17)11-6-4-3-5-7-11/h9,11,14H,2-8H2,1H3. The second-order valence-corrected chi connectivity index (χ2v) is 4.75. The highest BCUT2D eigenvalue weighted by Gasteiger charge is 2.19. The van der Waals surface area contributed by atoms with Crippen molar-refractivity contribution >= 4 is 5.97 Å². The van der Waals surface area contributed by atoms with Crippen molar-refractivity contribution in [2.24, 2.45) is 0 Å². The Kier molecular flexibility index (Phi) is 4.23. The van der Waals surface area contributed by atoms with Gasteiger partial charge in [-0.15, -0.1) is 0 Å². The average molecular weight is 252 g/mol. The van der Waals surface area contributed by atoms with E-state index in [0.717, 1.165) is 12.8 Å². The molecule has 0 aliphatic heterocycles. The van der Waals surface area contributed by atoms with Crippen molar-refractivity contribution < 1.29 is 9.53 Å². The zero-order chi connectivity index (χ0) is 13.0. The molecule has 0 bridgehead atoms. The van der Waals surface area contributed by atoms with Crippen LogP contribution in [0.25, 0.3) is 0 Å². The minimum absolute atomic E-state index is 0.0584. The van der Waals surface area contributed by atoms with Crippen LogP contribution in [-0.2, 0) is 16.0 Å². The van der Waals surface area contributed by atoms with Crippen LogP contribution in [0.4, 0.5) is 0 Å². The van der Waals surface area contributed by atoms with Gasteiger partial charge in [0.05, 0.1) is 19.1 Å². The third-order valence-corrected chi connectivity index (χ3v) is 3.45. The maximum atomic E-state index is 12.1. The molecule has 5 heteroatoms. The number of aromatic amines is 1. The minimum atomic E-state index is -0.343. The average Bonchev–Trinajstić information content (AvgIpc) is 2.72. The van der Waals surface area contributed by atoms with Crippen LogP contribution in [0.3, 0.4) is 0 Å². The molecule has 0 saturated heterocycles. The van der Waals surface area contributed by atoms with Crippen molar-refractivity contribution in [3.63, 3.8) is 0 Å². The molecule has 1 saturated carbocycles. The predicted octanol–water partition coefficient (Wildman–Crippen LogP) is 1.79. The summed E-state index contributed by atoms with van der Waals surface area (Å²) >= 11 is 0. The van der Waals surface area contributed by atoms with E-state index in [4.69, 9.17) is 4.74 Å². The third kappa shape index (κ3) is 2.83. The molecule has 0 radical (unpaired) electrons. The number of carbonyl (C=O) groups excluding carboxylic acids is 1. The number of aromatic nitrogens is 2. The SMILES string of the molecule is CCOC(=O)Cc1c[nH]n(C2CCCCC2)c1=O. The summed E-state index contributed by atoms with van der Waals surface area (Å²) in [7, 11) is 0. The van der Waals surface area contributed by atoms with Crippen molar-refractivity contribution in [2.45, 2.75) is 51.5 Å². The van der Waals surface area contributed by atoms with Crippen molar-refractivity contribution in [3.8, 4) is 0 Å². The van der Waals surface area contributed by atoms with E-state index in [2.05, 4.69) is 5.10 Å². The van der Waals surface area contributed by atoms with Gasteiger partial charge in [-0.25, -0.2) is 4.68 Å². The van der Waals surface area contributed by atoms with Gasteiger partial charge in [0, 0.05) is 11.8 Å². The molecule has 0 amide bonds. The second kappa shape index (κ2) is 5.89. The highest BCUT2D eigenvalue weighted by Crippen LogP contribution is 2.26. The maximum absolute atomic E-state index is 12.1. The Labute approximate surface area is 106 Å². The van der Waals surface area contributed by atoms with Crippen LogP contribution in [-0.4, -0.2) is 22.4 Å². The van der Waals surface area contributed by atoms with E-state index in [9.17, 15) is 9.59 Å². The normalized spacial score (nSPS) is 16.7. The van der Waals surface area contributed by atoms with E-state index in [-0.39, 0.29) is 24.0 Å². The molecule has 5 nitrogen and oxygen atoms in total. The van der Waals surface area contributed by atoms with Crippen molar-refractivity contribution in [2.75, 3.05) is 6.61 Å². The van der Waals surface area contributed by atoms with Gasteiger partial charge in [0.2, 0.25) is 0 Å². The Morgan fingerprint density at radius 2 is 2.17 bits per heavy atom. The number of H-pyrrole nitrogens is 1. The van der Waals surface area contributed by atoms with Gasteiger partial charge in [0.25, 0.3) is 5.56 Å². The van der Waals surface area contributed by atoms with Gasteiger partial charge in [0.15, 0.2) is 0 Å². The summed E-state index contributed by atoms with van der Waals surface area (Å²) in [4.78, 5) is 23.5. The molecule has 0 atom stereocenters. The van der Waals surface area contributed by atoms with E-state index in [1.807, 2.05) is 0 Å². The topological polar surface area (TPSA) is 64.1 Å².